The molecule has 1 N–H and O–H groups in total. The Morgan fingerprint density at radius 2 is 1.51 bits per heavy atom. The van der Waals surface area contributed by atoms with E-state index in [1.54, 1.807) is 27.5 Å². The first-order valence-electron chi connectivity index (χ1n) is 13.1. The van der Waals surface area contributed by atoms with Gasteiger partial charge in [0, 0.05) is 6.42 Å². The largest absolute Gasteiger partial charge is 0.478 e. The summed E-state index contributed by atoms with van der Waals surface area (Å²) in [4.78, 5) is 24.7. The van der Waals surface area contributed by atoms with Gasteiger partial charge in [0.05, 0.1) is 13.1 Å². The van der Waals surface area contributed by atoms with Crippen LogP contribution in [0.5, 0.6) is 5.75 Å². The van der Waals surface area contributed by atoms with Crippen LogP contribution in [0.25, 0.3) is 6.08 Å². The van der Waals surface area contributed by atoms with Gasteiger partial charge in [-0.15, -0.1) is 0 Å². The number of aryl methyl sites for hydroxylation is 3. The lowest BCUT2D eigenvalue weighted by Gasteiger charge is -2.21. The van der Waals surface area contributed by atoms with Gasteiger partial charge in [-0.3, -0.25) is 4.57 Å². The number of ether oxygens (including phenoxy) is 1. The third-order valence-electron chi connectivity index (χ3n) is 6.69. The molecule has 0 radical (unpaired) electrons. The van der Waals surface area contributed by atoms with Gasteiger partial charge >= 0.3 is 11.7 Å². The zero-order valence-corrected chi connectivity index (χ0v) is 22.8. The van der Waals surface area contributed by atoms with Crippen LogP contribution in [0, 0.1) is 6.92 Å². The quantitative estimate of drug-likeness (QED) is 0.264. The van der Waals surface area contributed by atoms with Crippen molar-refractivity contribution in [2.45, 2.75) is 58.7 Å². The van der Waals surface area contributed by atoms with Crippen molar-refractivity contribution in [1.29, 1.82) is 0 Å². The summed E-state index contributed by atoms with van der Waals surface area (Å²) in [5.74, 6) is 0.247. The van der Waals surface area contributed by atoms with E-state index in [2.05, 4.69) is 6.58 Å². The summed E-state index contributed by atoms with van der Waals surface area (Å²) in [6.45, 7) is 9.76. The molecule has 0 saturated heterocycles. The van der Waals surface area contributed by atoms with Gasteiger partial charge in [0.25, 0.3) is 0 Å². The second-order valence-electron chi connectivity index (χ2n) is 10.3. The summed E-state index contributed by atoms with van der Waals surface area (Å²) in [6.07, 6.45) is 4.03. The fraction of sp³-hybridized carbons (Fsp3) is 0.281. The van der Waals surface area contributed by atoms with Crippen molar-refractivity contribution in [1.82, 2.24) is 14.3 Å². The molecule has 202 valence electrons. The van der Waals surface area contributed by atoms with Crippen molar-refractivity contribution in [3.05, 3.63) is 124 Å². The molecule has 7 heteroatoms. The zero-order valence-electron chi connectivity index (χ0n) is 22.8. The molecule has 0 aliphatic heterocycles. The zero-order chi connectivity index (χ0) is 28.0. The molecular formula is C32H35N3O4. The molecular weight excluding hydrogens is 490 g/mol. The first-order chi connectivity index (χ1) is 18.6. The molecule has 3 aromatic carbocycles. The highest BCUT2D eigenvalue weighted by atomic mass is 16.5. The normalized spacial score (nSPS) is 11.4. The van der Waals surface area contributed by atoms with E-state index in [0.29, 0.717) is 25.3 Å². The van der Waals surface area contributed by atoms with Gasteiger partial charge in [-0.05, 0) is 68.0 Å². The van der Waals surface area contributed by atoms with Crippen molar-refractivity contribution in [2.75, 3.05) is 0 Å². The number of carboxylic acid groups (broad SMARTS) is 1. The van der Waals surface area contributed by atoms with Crippen LogP contribution in [-0.2, 0) is 30.7 Å². The van der Waals surface area contributed by atoms with Crippen LogP contribution in [-0.4, -0.2) is 31.0 Å². The maximum atomic E-state index is 13.4. The predicted octanol–water partition coefficient (Wildman–Crippen LogP) is 5.51. The van der Waals surface area contributed by atoms with Crippen LogP contribution in [0.4, 0.5) is 0 Å². The highest BCUT2D eigenvalue weighted by molar-refractivity contribution is 5.76. The van der Waals surface area contributed by atoms with Gasteiger partial charge in [-0.1, -0.05) is 78.9 Å². The second kappa shape index (κ2) is 12.0. The summed E-state index contributed by atoms with van der Waals surface area (Å²) in [5, 5.41) is 14.0. The van der Waals surface area contributed by atoms with E-state index in [9.17, 15) is 14.7 Å². The summed E-state index contributed by atoms with van der Waals surface area (Å²) in [6, 6.07) is 23.6. The van der Waals surface area contributed by atoms with E-state index in [1.807, 2.05) is 67.6 Å². The molecule has 39 heavy (non-hydrogen) atoms. The number of benzene rings is 3. The molecule has 7 nitrogen and oxygen atoms in total. The molecule has 0 aliphatic carbocycles. The van der Waals surface area contributed by atoms with Crippen LogP contribution in [0.3, 0.4) is 0 Å². The van der Waals surface area contributed by atoms with E-state index in [0.717, 1.165) is 40.9 Å². The van der Waals surface area contributed by atoms with E-state index in [-0.39, 0.29) is 5.69 Å². The highest BCUT2D eigenvalue weighted by Crippen LogP contribution is 2.20. The lowest BCUT2D eigenvalue weighted by atomic mass is 10.1. The van der Waals surface area contributed by atoms with Gasteiger partial charge in [0.15, 0.2) is 5.60 Å². The molecule has 0 amide bonds. The Hall–Kier alpha value is -4.39. The van der Waals surface area contributed by atoms with Crippen molar-refractivity contribution in [3.63, 3.8) is 0 Å². The van der Waals surface area contributed by atoms with E-state index in [1.165, 1.54) is 19.4 Å². The van der Waals surface area contributed by atoms with Crippen molar-refractivity contribution in [2.24, 2.45) is 0 Å². The van der Waals surface area contributed by atoms with E-state index >= 15 is 0 Å². The third-order valence-corrected chi connectivity index (χ3v) is 6.69. The summed E-state index contributed by atoms with van der Waals surface area (Å²) < 4.78 is 8.91. The summed E-state index contributed by atoms with van der Waals surface area (Å²) >= 11 is 0. The second-order valence-corrected chi connectivity index (χ2v) is 10.3. The molecule has 0 saturated carbocycles. The van der Waals surface area contributed by atoms with Crippen molar-refractivity contribution in [3.8, 4) is 5.75 Å². The maximum absolute atomic E-state index is 13.4. The Bertz CT molecular complexity index is 1480. The Morgan fingerprint density at radius 1 is 0.923 bits per heavy atom. The monoisotopic (exact) mass is 525 g/mol. The van der Waals surface area contributed by atoms with Crippen molar-refractivity contribution < 1.29 is 14.6 Å². The Kier molecular flexibility index (Phi) is 8.49. The molecule has 4 aromatic rings. The number of rotatable bonds is 12. The number of nitrogens with zero attached hydrogens (tertiary/aromatic N) is 3. The number of carbonyl (C=O) groups is 1. The predicted molar refractivity (Wildman–Crippen MR) is 153 cm³/mol. The van der Waals surface area contributed by atoms with Gasteiger partial charge in [0.2, 0.25) is 0 Å². The lowest BCUT2D eigenvalue weighted by molar-refractivity contribution is -0.152. The highest BCUT2D eigenvalue weighted by Gasteiger charge is 2.29. The molecule has 0 bridgehead atoms. The number of hydrogen-bond acceptors (Lipinski definition) is 4. The topological polar surface area (TPSA) is 86.3 Å². The van der Waals surface area contributed by atoms with Gasteiger partial charge in [-0.2, -0.15) is 5.10 Å². The number of aliphatic carboxylic acids is 1. The lowest BCUT2D eigenvalue weighted by Crippen LogP contribution is -2.37. The Morgan fingerprint density at radius 3 is 2.13 bits per heavy atom. The van der Waals surface area contributed by atoms with Crippen LogP contribution in [0.15, 0.2) is 84.2 Å². The first kappa shape index (κ1) is 27.6. The van der Waals surface area contributed by atoms with E-state index < -0.39 is 11.6 Å². The smallest absolute Gasteiger partial charge is 0.347 e. The molecule has 0 spiro atoms. The molecule has 1 aromatic heterocycles. The van der Waals surface area contributed by atoms with E-state index in [4.69, 9.17) is 9.84 Å². The van der Waals surface area contributed by atoms with Gasteiger partial charge in [-0.25, -0.2) is 14.3 Å². The number of aromatic nitrogens is 3. The van der Waals surface area contributed by atoms with Crippen LogP contribution >= 0.6 is 0 Å². The van der Waals surface area contributed by atoms with Crippen LogP contribution in [0.2, 0.25) is 0 Å². The molecule has 0 aliphatic rings. The maximum Gasteiger partial charge on any atom is 0.347 e. The van der Waals surface area contributed by atoms with Crippen molar-refractivity contribution >= 4 is 12.0 Å². The summed E-state index contributed by atoms with van der Waals surface area (Å²) in [7, 11) is 0. The average Bonchev–Trinajstić information content (AvgIpc) is 3.20. The van der Waals surface area contributed by atoms with Gasteiger partial charge < -0.3 is 9.84 Å². The standard InChI is InChI=1S/C32H35N3O4/c1-5-24-13-15-26(16-14-24)21-34-29(33-35(31(34)38)22-27-11-9-23(2)10-12-27)8-6-7-25-17-19-28(20-18-25)39-32(3,4)30(36)37/h5,9-20H,1,6-8,21-22H2,2-4H3,(H,36,37). The molecule has 0 unspecified atom stereocenters. The minimum absolute atomic E-state index is 0.124. The molecule has 0 atom stereocenters. The van der Waals surface area contributed by atoms with Gasteiger partial charge in [0.1, 0.15) is 11.6 Å². The minimum atomic E-state index is -1.30. The third kappa shape index (κ3) is 7.13. The Balaban J connectivity index is 1.49. The first-order valence-corrected chi connectivity index (χ1v) is 13.1. The number of hydrogen-bond donors (Lipinski definition) is 1. The SMILES string of the molecule is C=Cc1ccc(Cn2c(CCCc3ccc(OC(C)(C)C(=O)O)cc3)nn(Cc3ccc(C)cc3)c2=O)cc1. The Labute approximate surface area is 229 Å². The molecule has 4 rings (SSSR count). The van der Waals surface area contributed by atoms with Crippen LogP contribution < -0.4 is 10.4 Å². The number of carboxylic acids is 1. The fourth-order valence-corrected chi connectivity index (χ4v) is 4.25. The summed E-state index contributed by atoms with van der Waals surface area (Å²) in [5.41, 5.74) is 3.94. The molecule has 1 heterocycles. The molecule has 0 fully saturated rings. The average molecular weight is 526 g/mol. The fourth-order valence-electron chi connectivity index (χ4n) is 4.25. The van der Waals surface area contributed by atoms with Crippen LogP contribution in [0.1, 0.15) is 53.9 Å². The minimum Gasteiger partial charge on any atom is -0.478 e.